The molecule has 0 radical (unpaired) electrons. The second-order valence-electron chi connectivity index (χ2n) is 8.95. The molecule has 0 spiro atoms. The number of halogens is 1. The molecule has 36 heavy (non-hydrogen) atoms. The van der Waals surface area contributed by atoms with E-state index in [0.717, 1.165) is 29.5 Å². The van der Waals surface area contributed by atoms with Crippen molar-refractivity contribution in [1.82, 2.24) is 9.80 Å². The summed E-state index contributed by atoms with van der Waals surface area (Å²) in [5.41, 5.74) is 3.89. The number of carbonyl (C=O) groups is 2. The summed E-state index contributed by atoms with van der Waals surface area (Å²) in [5.74, 6) is -0.204. The number of benzene rings is 3. The van der Waals surface area contributed by atoms with E-state index in [4.69, 9.17) is 11.6 Å². The quantitative estimate of drug-likeness (QED) is 0.370. The first-order valence-corrected chi connectivity index (χ1v) is 12.4. The van der Waals surface area contributed by atoms with Crippen LogP contribution in [0.15, 0.2) is 91.0 Å². The van der Waals surface area contributed by atoms with Gasteiger partial charge in [-0.1, -0.05) is 72.3 Å². The molecule has 1 aliphatic rings. The molecule has 1 saturated heterocycles. The number of likely N-dealkylation sites (N-methyl/N-ethyl adjacent to an activating group) is 1. The van der Waals surface area contributed by atoms with Crippen LogP contribution in [0.5, 0.6) is 0 Å². The fraction of sp³-hybridized carbons (Fsp3) is 0.241. The third kappa shape index (κ3) is 6.53. The predicted octanol–water partition coefficient (Wildman–Crippen LogP) is 6.32. The number of amides is 2. The molecule has 1 aliphatic heterocycles. The van der Waals surface area contributed by atoms with Crippen LogP contribution in [0.1, 0.15) is 24.4 Å². The van der Waals surface area contributed by atoms with Gasteiger partial charge in [0.15, 0.2) is 0 Å². The Morgan fingerprint density at radius 2 is 1.56 bits per heavy atom. The number of hydrogen-bond donors (Lipinski definition) is 2. The summed E-state index contributed by atoms with van der Waals surface area (Å²) < 4.78 is 0. The molecule has 1 unspecified atom stereocenters. The minimum Gasteiger partial charge on any atom is -0.465 e. The Morgan fingerprint density at radius 1 is 0.972 bits per heavy atom. The SMILES string of the molecule is CN(C1CCN(C(=O)O)CC1)C(/C=C/C(=O)Nc1ccc(-c2ccc(Cl)cc2)cc1)c1ccccc1. The van der Waals surface area contributed by atoms with E-state index < -0.39 is 6.09 Å². The third-order valence-corrected chi connectivity index (χ3v) is 6.90. The Hall–Kier alpha value is -3.61. The lowest BCUT2D eigenvalue weighted by Gasteiger charge is -2.39. The molecule has 7 heteroatoms. The van der Waals surface area contributed by atoms with Crippen LogP contribution in [-0.4, -0.2) is 53.1 Å². The highest BCUT2D eigenvalue weighted by Crippen LogP contribution is 2.28. The van der Waals surface area contributed by atoms with Gasteiger partial charge >= 0.3 is 6.09 Å². The highest BCUT2D eigenvalue weighted by atomic mass is 35.5. The fourth-order valence-electron chi connectivity index (χ4n) is 4.57. The minimum absolute atomic E-state index is 0.106. The topological polar surface area (TPSA) is 72.9 Å². The lowest BCUT2D eigenvalue weighted by atomic mass is 9.98. The molecule has 1 heterocycles. The number of carbonyl (C=O) groups excluding carboxylic acids is 1. The largest absolute Gasteiger partial charge is 0.465 e. The van der Waals surface area contributed by atoms with Crippen LogP contribution >= 0.6 is 11.6 Å². The summed E-state index contributed by atoms with van der Waals surface area (Å²) in [7, 11) is 2.04. The van der Waals surface area contributed by atoms with Crippen molar-refractivity contribution in [1.29, 1.82) is 0 Å². The van der Waals surface area contributed by atoms with E-state index in [0.29, 0.717) is 23.8 Å². The van der Waals surface area contributed by atoms with Gasteiger partial charge in [-0.2, -0.15) is 0 Å². The highest BCUT2D eigenvalue weighted by molar-refractivity contribution is 6.30. The van der Waals surface area contributed by atoms with Gasteiger partial charge in [-0.3, -0.25) is 9.69 Å². The predicted molar refractivity (Wildman–Crippen MR) is 144 cm³/mol. The number of carboxylic acid groups (broad SMARTS) is 1. The zero-order chi connectivity index (χ0) is 25.5. The first kappa shape index (κ1) is 25.5. The normalized spacial score (nSPS) is 15.2. The Bertz CT molecular complexity index is 1190. The Balaban J connectivity index is 1.42. The molecular weight excluding hydrogens is 474 g/mol. The van der Waals surface area contributed by atoms with E-state index in [1.165, 1.54) is 4.90 Å². The number of nitrogens with zero attached hydrogens (tertiary/aromatic N) is 2. The van der Waals surface area contributed by atoms with Crippen molar-refractivity contribution < 1.29 is 14.7 Å². The number of hydrogen-bond acceptors (Lipinski definition) is 3. The van der Waals surface area contributed by atoms with Crippen LogP contribution in [0, 0.1) is 0 Å². The van der Waals surface area contributed by atoms with Gasteiger partial charge in [0.25, 0.3) is 0 Å². The van der Waals surface area contributed by atoms with Gasteiger partial charge in [-0.05, 0) is 60.8 Å². The lowest BCUT2D eigenvalue weighted by Crippen LogP contribution is -2.45. The molecule has 0 bridgehead atoms. The molecule has 4 rings (SSSR count). The first-order chi connectivity index (χ1) is 17.4. The molecular formula is C29H30ClN3O3. The van der Waals surface area contributed by atoms with E-state index in [-0.39, 0.29) is 18.0 Å². The third-order valence-electron chi connectivity index (χ3n) is 6.65. The van der Waals surface area contributed by atoms with E-state index >= 15 is 0 Å². The highest BCUT2D eigenvalue weighted by Gasteiger charge is 2.28. The molecule has 0 aliphatic carbocycles. The number of anilines is 1. The molecule has 1 fully saturated rings. The van der Waals surface area contributed by atoms with Crippen molar-refractivity contribution in [2.75, 3.05) is 25.5 Å². The standard InChI is InChI=1S/C29H30ClN3O3/c1-32(26-17-19-33(20-18-26)29(35)36)27(23-5-3-2-4-6-23)15-16-28(34)31-25-13-9-22(10-14-25)21-7-11-24(30)12-8-21/h2-16,26-27H,17-20H2,1H3,(H,31,34)(H,35,36)/b16-15+. The van der Waals surface area contributed by atoms with Crippen LogP contribution in [0.3, 0.4) is 0 Å². The maximum absolute atomic E-state index is 12.8. The van der Waals surface area contributed by atoms with Crippen LogP contribution in [0.2, 0.25) is 5.02 Å². The monoisotopic (exact) mass is 503 g/mol. The van der Waals surface area contributed by atoms with Gasteiger partial charge in [0.2, 0.25) is 5.91 Å². The van der Waals surface area contributed by atoms with Crippen molar-refractivity contribution in [3.8, 4) is 11.1 Å². The molecule has 6 nitrogen and oxygen atoms in total. The summed E-state index contributed by atoms with van der Waals surface area (Å²) in [6.07, 6.45) is 4.14. The second kappa shape index (κ2) is 11.9. The van der Waals surface area contributed by atoms with Gasteiger partial charge in [0.1, 0.15) is 0 Å². The number of likely N-dealkylation sites (tertiary alicyclic amines) is 1. The molecule has 0 aromatic heterocycles. The van der Waals surface area contributed by atoms with Gasteiger partial charge < -0.3 is 15.3 Å². The van der Waals surface area contributed by atoms with Crippen LogP contribution in [-0.2, 0) is 4.79 Å². The van der Waals surface area contributed by atoms with E-state index in [1.54, 1.807) is 6.08 Å². The molecule has 186 valence electrons. The summed E-state index contributed by atoms with van der Waals surface area (Å²) in [6, 6.07) is 25.5. The zero-order valence-corrected chi connectivity index (χ0v) is 20.9. The van der Waals surface area contributed by atoms with E-state index in [1.807, 2.05) is 92.0 Å². The van der Waals surface area contributed by atoms with Gasteiger partial charge in [0, 0.05) is 35.9 Å². The first-order valence-electron chi connectivity index (χ1n) is 12.0. The van der Waals surface area contributed by atoms with Crippen LogP contribution < -0.4 is 5.32 Å². The van der Waals surface area contributed by atoms with Crippen molar-refractivity contribution in [2.45, 2.75) is 24.9 Å². The summed E-state index contributed by atoms with van der Waals surface area (Å²) in [5, 5.41) is 12.9. The fourth-order valence-corrected chi connectivity index (χ4v) is 4.70. The molecule has 2 N–H and O–H groups in total. The molecule has 3 aromatic rings. The van der Waals surface area contributed by atoms with Gasteiger partial charge in [0.05, 0.1) is 6.04 Å². The molecule has 0 saturated carbocycles. The molecule has 3 aromatic carbocycles. The molecule has 1 atom stereocenters. The maximum Gasteiger partial charge on any atom is 0.407 e. The average Bonchev–Trinajstić information content (AvgIpc) is 2.90. The summed E-state index contributed by atoms with van der Waals surface area (Å²) >= 11 is 5.97. The minimum atomic E-state index is -0.867. The Labute approximate surface area is 216 Å². The second-order valence-corrected chi connectivity index (χ2v) is 9.39. The average molecular weight is 504 g/mol. The van der Waals surface area contributed by atoms with Crippen molar-refractivity contribution in [3.05, 3.63) is 102 Å². The smallest absolute Gasteiger partial charge is 0.407 e. The van der Waals surface area contributed by atoms with E-state index in [2.05, 4.69) is 10.2 Å². The Kier molecular flexibility index (Phi) is 8.41. The van der Waals surface area contributed by atoms with Crippen molar-refractivity contribution >= 4 is 29.3 Å². The number of rotatable bonds is 7. The number of nitrogens with one attached hydrogen (secondary N) is 1. The Morgan fingerprint density at radius 3 is 2.14 bits per heavy atom. The van der Waals surface area contributed by atoms with Crippen molar-refractivity contribution in [3.63, 3.8) is 0 Å². The van der Waals surface area contributed by atoms with Crippen LogP contribution in [0.25, 0.3) is 11.1 Å². The van der Waals surface area contributed by atoms with Crippen LogP contribution in [0.4, 0.5) is 10.5 Å². The van der Waals surface area contributed by atoms with Gasteiger partial charge in [-0.15, -0.1) is 0 Å². The van der Waals surface area contributed by atoms with E-state index in [9.17, 15) is 14.7 Å². The lowest BCUT2D eigenvalue weighted by molar-refractivity contribution is -0.112. The zero-order valence-electron chi connectivity index (χ0n) is 20.2. The van der Waals surface area contributed by atoms with Gasteiger partial charge in [-0.25, -0.2) is 4.79 Å². The number of piperidine rings is 1. The van der Waals surface area contributed by atoms with Crippen molar-refractivity contribution in [2.24, 2.45) is 0 Å². The molecule has 2 amide bonds. The summed E-state index contributed by atoms with van der Waals surface area (Å²) in [4.78, 5) is 27.7. The maximum atomic E-state index is 12.8. The summed E-state index contributed by atoms with van der Waals surface area (Å²) in [6.45, 7) is 1.03.